The Morgan fingerprint density at radius 1 is 1.29 bits per heavy atom. The van der Waals surface area contributed by atoms with Crippen LogP contribution in [-0.2, 0) is 0 Å². The molecule has 2 aromatic rings. The molecule has 2 N–H and O–H groups in total. The lowest BCUT2D eigenvalue weighted by atomic mass is 10.0. The largest absolute Gasteiger partial charge is 0.382 e. The molecule has 0 fully saturated rings. The van der Waals surface area contributed by atoms with Gasteiger partial charge in [0.1, 0.15) is 6.10 Å². The van der Waals surface area contributed by atoms with E-state index in [1.165, 1.54) is 0 Å². The highest BCUT2D eigenvalue weighted by Gasteiger charge is 2.12. The third kappa shape index (κ3) is 1.54. The maximum atomic E-state index is 9.99. The van der Waals surface area contributed by atoms with Crippen molar-refractivity contribution in [3.8, 4) is 0 Å². The zero-order valence-corrected chi connectivity index (χ0v) is 7.94. The van der Waals surface area contributed by atoms with Gasteiger partial charge in [0, 0.05) is 6.20 Å². The Balaban J connectivity index is 2.37. The number of hydrogen-bond acceptors (Lipinski definition) is 2. The number of aryl methyl sites for hydroxylation is 1. The third-order valence-corrected chi connectivity index (χ3v) is 2.30. The number of rotatable bonds is 2. The number of aliphatic hydroxyl groups is 1. The molecule has 0 saturated heterocycles. The van der Waals surface area contributed by atoms with Crippen LogP contribution in [0.1, 0.15) is 22.9 Å². The van der Waals surface area contributed by atoms with Crippen LogP contribution in [0.15, 0.2) is 36.5 Å². The predicted molar refractivity (Wildman–Crippen MR) is 53.8 cm³/mol. The molecule has 0 aliphatic rings. The zero-order chi connectivity index (χ0) is 9.97. The van der Waals surface area contributed by atoms with Gasteiger partial charge in [0.15, 0.2) is 0 Å². The molecule has 0 spiro atoms. The summed E-state index contributed by atoms with van der Waals surface area (Å²) in [4.78, 5) is 0. The molecule has 1 aromatic heterocycles. The lowest BCUT2D eigenvalue weighted by molar-refractivity contribution is 0.214. The highest BCUT2D eigenvalue weighted by molar-refractivity contribution is 5.32. The first-order chi connectivity index (χ1) is 6.79. The van der Waals surface area contributed by atoms with Crippen molar-refractivity contribution in [1.29, 1.82) is 0 Å². The van der Waals surface area contributed by atoms with Crippen molar-refractivity contribution < 1.29 is 5.11 Å². The molecule has 3 heteroatoms. The van der Waals surface area contributed by atoms with Gasteiger partial charge in [0.2, 0.25) is 0 Å². The topological polar surface area (TPSA) is 48.9 Å². The van der Waals surface area contributed by atoms with Crippen LogP contribution in [0.25, 0.3) is 0 Å². The second-order valence-electron chi connectivity index (χ2n) is 3.27. The Kier molecular flexibility index (Phi) is 2.33. The number of aromatic amines is 1. The van der Waals surface area contributed by atoms with E-state index in [1.807, 2.05) is 31.2 Å². The van der Waals surface area contributed by atoms with E-state index in [9.17, 15) is 5.11 Å². The molecule has 0 radical (unpaired) electrons. The highest BCUT2D eigenvalue weighted by atomic mass is 16.3. The normalized spacial score (nSPS) is 12.7. The van der Waals surface area contributed by atoms with Crippen LogP contribution in [-0.4, -0.2) is 15.3 Å². The smallest absolute Gasteiger partial charge is 0.121 e. The molecule has 72 valence electrons. The van der Waals surface area contributed by atoms with Crippen LogP contribution in [0.3, 0.4) is 0 Å². The summed E-state index contributed by atoms with van der Waals surface area (Å²) in [5.74, 6) is 0. The number of H-pyrrole nitrogens is 1. The van der Waals surface area contributed by atoms with Gasteiger partial charge in [0.25, 0.3) is 0 Å². The maximum absolute atomic E-state index is 9.99. The molecule has 0 saturated carbocycles. The van der Waals surface area contributed by atoms with Crippen molar-refractivity contribution in [1.82, 2.24) is 10.2 Å². The Hall–Kier alpha value is -1.61. The van der Waals surface area contributed by atoms with E-state index in [2.05, 4.69) is 10.2 Å². The lowest BCUT2D eigenvalue weighted by Gasteiger charge is -2.11. The molecule has 0 aliphatic heterocycles. The molecular weight excluding hydrogens is 176 g/mol. The van der Waals surface area contributed by atoms with E-state index < -0.39 is 6.10 Å². The second kappa shape index (κ2) is 3.64. The molecule has 1 atom stereocenters. The summed E-state index contributed by atoms with van der Waals surface area (Å²) in [6, 6.07) is 9.55. The molecule has 1 aromatic carbocycles. The van der Waals surface area contributed by atoms with Gasteiger partial charge >= 0.3 is 0 Å². The Morgan fingerprint density at radius 2 is 2.07 bits per heavy atom. The summed E-state index contributed by atoms with van der Waals surface area (Å²) in [5.41, 5.74) is 2.71. The first kappa shape index (κ1) is 8.97. The maximum Gasteiger partial charge on any atom is 0.121 e. The van der Waals surface area contributed by atoms with E-state index in [1.54, 1.807) is 12.3 Å². The summed E-state index contributed by atoms with van der Waals surface area (Å²) in [7, 11) is 0. The first-order valence-electron chi connectivity index (χ1n) is 4.52. The quantitative estimate of drug-likeness (QED) is 0.755. The molecular formula is C11H12N2O. The van der Waals surface area contributed by atoms with Crippen molar-refractivity contribution in [2.75, 3.05) is 0 Å². The van der Waals surface area contributed by atoms with Crippen LogP contribution in [0.4, 0.5) is 0 Å². The number of nitrogens with zero attached hydrogens (tertiary/aromatic N) is 1. The molecule has 1 unspecified atom stereocenters. The minimum Gasteiger partial charge on any atom is -0.382 e. The fourth-order valence-electron chi connectivity index (χ4n) is 1.48. The fourth-order valence-corrected chi connectivity index (χ4v) is 1.48. The average molecular weight is 188 g/mol. The van der Waals surface area contributed by atoms with Gasteiger partial charge in [0.05, 0.1) is 5.69 Å². The second-order valence-corrected chi connectivity index (χ2v) is 3.27. The van der Waals surface area contributed by atoms with Crippen LogP contribution in [0.2, 0.25) is 0 Å². The lowest BCUT2D eigenvalue weighted by Crippen LogP contribution is -2.02. The van der Waals surface area contributed by atoms with E-state index >= 15 is 0 Å². The van der Waals surface area contributed by atoms with Crippen molar-refractivity contribution >= 4 is 0 Å². The zero-order valence-electron chi connectivity index (χ0n) is 7.94. The Labute approximate surface area is 82.4 Å². The van der Waals surface area contributed by atoms with Gasteiger partial charge in [-0.15, -0.1) is 0 Å². The van der Waals surface area contributed by atoms with E-state index in [4.69, 9.17) is 0 Å². The van der Waals surface area contributed by atoms with E-state index in [-0.39, 0.29) is 0 Å². The number of hydrogen-bond donors (Lipinski definition) is 2. The van der Waals surface area contributed by atoms with Gasteiger partial charge in [-0.1, -0.05) is 24.3 Å². The number of benzene rings is 1. The van der Waals surface area contributed by atoms with Crippen molar-refractivity contribution in [2.24, 2.45) is 0 Å². The Bertz CT molecular complexity index is 409. The molecule has 1 heterocycles. The monoisotopic (exact) mass is 188 g/mol. The number of aromatic nitrogens is 2. The van der Waals surface area contributed by atoms with Crippen LogP contribution in [0, 0.1) is 6.92 Å². The predicted octanol–water partition coefficient (Wildman–Crippen LogP) is 1.80. The van der Waals surface area contributed by atoms with Gasteiger partial charge in [-0.2, -0.15) is 5.10 Å². The van der Waals surface area contributed by atoms with E-state index in [0.717, 1.165) is 16.8 Å². The average Bonchev–Trinajstić information content (AvgIpc) is 2.70. The number of aliphatic hydroxyl groups excluding tert-OH is 1. The standard InChI is InChI=1S/C11H12N2O/c1-8-4-2-3-5-9(8)11(14)10-6-7-12-13-10/h2-7,11,14H,1H3,(H,12,13). The van der Waals surface area contributed by atoms with Gasteiger partial charge in [-0.3, -0.25) is 5.10 Å². The van der Waals surface area contributed by atoms with Crippen molar-refractivity contribution in [3.05, 3.63) is 53.3 Å². The van der Waals surface area contributed by atoms with E-state index in [0.29, 0.717) is 0 Å². The molecule has 0 aliphatic carbocycles. The molecule has 14 heavy (non-hydrogen) atoms. The van der Waals surface area contributed by atoms with Crippen molar-refractivity contribution in [2.45, 2.75) is 13.0 Å². The van der Waals surface area contributed by atoms with Crippen LogP contribution < -0.4 is 0 Å². The molecule has 0 amide bonds. The minimum atomic E-state index is -0.612. The van der Waals surface area contributed by atoms with Crippen molar-refractivity contribution in [3.63, 3.8) is 0 Å². The van der Waals surface area contributed by atoms with Crippen LogP contribution >= 0.6 is 0 Å². The molecule has 3 nitrogen and oxygen atoms in total. The first-order valence-corrected chi connectivity index (χ1v) is 4.52. The summed E-state index contributed by atoms with van der Waals surface area (Å²) >= 11 is 0. The third-order valence-electron chi connectivity index (χ3n) is 2.30. The fraction of sp³-hybridized carbons (Fsp3) is 0.182. The van der Waals surface area contributed by atoms with Crippen LogP contribution in [0.5, 0.6) is 0 Å². The van der Waals surface area contributed by atoms with Gasteiger partial charge in [-0.05, 0) is 24.1 Å². The highest BCUT2D eigenvalue weighted by Crippen LogP contribution is 2.22. The Morgan fingerprint density at radius 3 is 2.71 bits per heavy atom. The van der Waals surface area contributed by atoms with Gasteiger partial charge in [-0.25, -0.2) is 0 Å². The molecule has 2 rings (SSSR count). The molecule has 0 bridgehead atoms. The summed E-state index contributed by atoms with van der Waals surface area (Å²) in [5, 5.41) is 16.6. The number of nitrogens with one attached hydrogen (secondary N) is 1. The SMILES string of the molecule is Cc1ccccc1C(O)c1ccn[nH]1. The summed E-state index contributed by atoms with van der Waals surface area (Å²) in [6.07, 6.45) is 1.02. The summed E-state index contributed by atoms with van der Waals surface area (Å²) < 4.78 is 0. The summed E-state index contributed by atoms with van der Waals surface area (Å²) in [6.45, 7) is 1.98. The minimum absolute atomic E-state index is 0.612. The van der Waals surface area contributed by atoms with Gasteiger partial charge < -0.3 is 5.11 Å².